The summed E-state index contributed by atoms with van der Waals surface area (Å²) < 4.78 is 0. The smallest absolute Gasteiger partial charge is 0.237 e. The molecule has 0 radical (unpaired) electrons. The molecule has 14 heavy (non-hydrogen) atoms. The molecule has 0 bridgehead atoms. The van der Waals surface area contributed by atoms with E-state index in [4.69, 9.17) is 11.5 Å². The lowest BCUT2D eigenvalue weighted by atomic mass is 9.82. The van der Waals surface area contributed by atoms with Gasteiger partial charge in [-0.25, -0.2) is 0 Å². The Labute approximate surface area is 90.0 Å². The summed E-state index contributed by atoms with van der Waals surface area (Å²) in [6.07, 6.45) is 3.67. The average Bonchev–Trinajstić information content (AvgIpc) is 2.02. The lowest BCUT2D eigenvalue weighted by molar-refractivity contribution is -0.124. The molecular weight excluding hydrogens is 196 g/mol. The minimum atomic E-state index is -0.745. The van der Waals surface area contributed by atoms with E-state index >= 15 is 0 Å². The first-order chi connectivity index (χ1) is 6.44. The van der Waals surface area contributed by atoms with Gasteiger partial charge in [-0.2, -0.15) is 11.8 Å². The maximum Gasteiger partial charge on any atom is 0.237 e. The van der Waals surface area contributed by atoms with Crippen LogP contribution < -0.4 is 11.5 Å². The Morgan fingerprint density at radius 2 is 2.21 bits per heavy atom. The van der Waals surface area contributed by atoms with Crippen LogP contribution in [0.25, 0.3) is 0 Å². The summed E-state index contributed by atoms with van der Waals surface area (Å²) in [5, 5.41) is 1.09. The van der Waals surface area contributed by atoms with Gasteiger partial charge in [-0.1, -0.05) is 13.8 Å². The Balaban J connectivity index is 2.55. The molecule has 0 heterocycles. The van der Waals surface area contributed by atoms with Gasteiger partial charge in [0.25, 0.3) is 0 Å². The number of hydrogen-bond acceptors (Lipinski definition) is 3. The summed E-state index contributed by atoms with van der Waals surface area (Å²) in [5.74, 6) is -0.341. The predicted octanol–water partition coefficient (Wildman–Crippen LogP) is 1.25. The van der Waals surface area contributed by atoms with Crippen molar-refractivity contribution in [3.8, 4) is 0 Å². The van der Waals surface area contributed by atoms with Gasteiger partial charge in [0.15, 0.2) is 0 Å². The first-order valence-electron chi connectivity index (χ1n) is 5.18. The van der Waals surface area contributed by atoms with Gasteiger partial charge in [0.2, 0.25) is 5.91 Å². The molecule has 2 atom stereocenters. The van der Waals surface area contributed by atoms with Crippen LogP contribution in [0.4, 0.5) is 0 Å². The zero-order valence-corrected chi connectivity index (χ0v) is 9.77. The summed E-state index contributed by atoms with van der Waals surface area (Å²) in [7, 11) is 0. The minimum absolute atomic E-state index is 0.341. The number of carbonyl (C=O) groups is 1. The van der Waals surface area contributed by atoms with Crippen molar-refractivity contribution in [3.05, 3.63) is 0 Å². The number of primary amides is 1. The van der Waals surface area contributed by atoms with Gasteiger partial charge >= 0.3 is 0 Å². The second kappa shape index (κ2) is 4.53. The molecule has 0 aromatic heterocycles. The van der Waals surface area contributed by atoms with E-state index in [0.717, 1.165) is 25.7 Å². The fourth-order valence-electron chi connectivity index (χ4n) is 1.98. The molecule has 0 aliphatic heterocycles. The highest BCUT2D eigenvalue weighted by Crippen LogP contribution is 2.35. The summed E-state index contributed by atoms with van der Waals surface area (Å²) >= 11 is 1.91. The molecule has 1 rings (SSSR count). The Morgan fingerprint density at radius 1 is 1.57 bits per heavy atom. The second-order valence-electron chi connectivity index (χ2n) is 4.42. The predicted molar refractivity (Wildman–Crippen MR) is 61.1 cm³/mol. The zero-order valence-electron chi connectivity index (χ0n) is 8.95. The third-order valence-corrected chi connectivity index (χ3v) is 4.03. The highest BCUT2D eigenvalue weighted by atomic mass is 32.2. The quantitative estimate of drug-likeness (QED) is 0.746. The normalized spacial score (nSPS) is 33.3. The van der Waals surface area contributed by atoms with Crippen LogP contribution in [0.15, 0.2) is 0 Å². The van der Waals surface area contributed by atoms with E-state index < -0.39 is 5.54 Å². The Morgan fingerprint density at radius 3 is 2.71 bits per heavy atom. The molecule has 4 N–H and O–H groups in total. The van der Waals surface area contributed by atoms with Crippen molar-refractivity contribution in [2.45, 2.75) is 55.6 Å². The molecule has 4 heteroatoms. The zero-order chi connectivity index (χ0) is 10.8. The third kappa shape index (κ3) is 2.89. The molecule has 1 saturated carbocycles. The number of hydrogen-bond donors (Lipinski definition) is 2. The lowest BCUT2D eigenvalue weighted by Crippen LogP contribution is -2.55. The van der Waals surface area contributed by atoms with Gasteiger partial charge in [-0.05, 0) is 30.9 Å². The van der Waals surface area contributed by atoms with Gasteiger partial charge in [-0.3, -0.25) is 4.79 Å². The Bertz CT molecular complexity index is 220. The molecule has 3 nitrogen and oxygen atoms in total. The van der Waals surface area contributed by atoms with E-state index in [0.29, 0.717) is 10.5 Å². The highest BCUT2D eigenvalue weighted by Gasteiger charge is 2.37. The standard InChI is InChI=1S/C10H20N2OS/c1-7(2)14-8-4-3-5-10(12,6-8)9(11)13/h7-8H,3-6,12H2,1-2H3,(H2,11,13). The van der Waals surface area contributed by atoms with Crippen LogP contribution in [0.2, 0.25) is 0 Å². The highest BCUT2D eigenvalue weighted by molar-refractivity contribution is 8.00. The van der Waals surface area contributed by atoms with Crippen molar-refractivity contribution in [3.63, 3.8) is 0 Å². The summed E-state index contributed by atoms with van der Waals surface area (Å²) in [4.78, 5) is 11.2. The Kier molecular flexibility index (Phi) is 3.84. The van der Waals surface area contributed by atoms with Crippen LogP contribution >= 0.6 is 11.8 Å². The van der Waals surface area contributed by atoms with Crippen LogP contribution in [0.5, 0.6) is 0 Å². The van der Waals surface area contributed by atoms with Crippen LogP contribution in [0, 0.1) is 0 Å². The number of nitrogens with two attached hydrogens (primary N) is 2. The van der Waals surface area contributed by atoms with E-state index in [1.165, 1.54) is 0 Å². The number of amides is 1. The van der Waals surface area contributed by atoms with Gasteiger partial charge < -0.3 is 11.5 Å². The third-order valence-electron chi connectivity index (χ3n) is 2.70. The molecule has 0 spiro atoms. The lowest BCUT2D eigenvalue weighted by Gasteiger charge is -2.35. The number of carbonyl (C=O) groups excluding carboxylic acids is 1. The second-order valence-corrected chi connectivity index (χ2v) is 6.31. The topological polar surface area (TPSA) is 69.1 Å². The largest absolute Gasteiger partial charge is 0.368 e. The molecule has 0 aromatic carbocycles. The van der Waals surface area contributed by atoms with Crippen molar-refractivity contribution in [2.24, 2.45) is 11.5 Å². The van der Waals surface area contributed by atoms with Crippen molar-refractivity contribution in [2.75, 3.05) is 0 Å². The SMILES string of the molecule is CC(C)SC1CCCC(N)(C(N)=O)C1. The fraction of sp³-hybridized carbons (Fsp3) is 0.900. The monoisotopic (exact) mass is 216 g/mol. The number of rotatable bonds is 3. The molecule has 0 saturated heterocycles. The van der Waals surface area contributed by atoms with Crippen LogP contribution in [0.3, 0.4) is 0 Å². The fourth-order valence-corrected chi connectivity index (χ4v) is 3.45. The Hall–Kier alpha value is -0.220. The first-order valence-corrected chi connectivity index (χ1v) is 6.12. The van der Waals surface area contributed by atoms with Crippen molar-refractivity contribution in [1.82, 2.24) is 0 Å². The summed E-state index contributed by atoms with van der Waals surface area (Å²) in [6, 6.07) is 0. The van der Waals surface area contributed by atoms with Crippen LogP contribution in [-0.4, -0.2) is 21.9 Å². The van der Waals surface area contributed by atoms with Crippen LogP contribution in [0.1, 0.15) is 39.5 Å². The average molecular weight is 216 g/mol. The van der Waals surface area contributed by atoms with Gasteiger partial charge in [0.05, 0.1) is 5.54 Å². The van der Waals surface area contributed by atoms with Gasteiger partial charge in [-0.15, -0.1) is 0 Å². The molecular formula is C10H20N2OS. The summed E-state index contributed by atoms with van der Waals surface area (Å²) in [5.41, 5.74) is 10.6. The van der Waals surface area contributed by atoms with Crippen molar-refractivity contribution in [1.29, 1.82) is 0 Å². The van der Waals surface area contributed by atoms with E-state index in [1.54, 1.807) is 0 Å². The van der Waals surface area contributed by atoms with Crippen LogP contribution in [-0.2, 0) is 4.79 Å². The minimum Gasteiger partial charge on any atom is -0.368 e. The molecule has 0 aromatic rings. The molecule has 1 fully saturated rings. The molecule has 2 unspecified atom stereocenters. The maximum absolute atomic E-state index is 11.2. The molecule has 1 aliphatic rings. The maximum atomic E-state index is 11.2. The van der Waals surface area contributed by atoms with E-state index in [9.17, 15) is 4.79 Å². The van der Waals surface area contributed by atoms with Gasteiger partial charge in [0, 0.05) is 5.25 Å². The molecule has 1 aliphatic carbocycles. The van der Waals surface area contributed by atoms with Crippen molar-refractivity contribution >= 4 is 17.7 Å². The van der Waals surface area contributed by atoms with E-state index in [-0.39, 0.29) is 5.91 Å². The molecule has 1 amide bonds. The summed E-state index contributed by atoms with van der Waals surface area (Å²) in [6.45, 7) is 4.34. The van der Waals surface area contributed by atoms with E-state index in [2.05, 4.69) is 13.8 Å². The van der Waals surface area contributed by atoms with Gasteiger partial charge in [0.1, 0.15) is 0 Å². The number of thioether (sulfide) groups is 1. The van der Waals surface area contributed by atoms with Crippen molar-refractivity contribution < 1.29 is 4.79 Å². The first kappa shape index (κ1) is 11.9. The molecule has 82 valence electrons. The van der Waals surface area contributed by atoms with E-state index in [1.807, 2.05) is 11.8 Å².